The van der Waals surface area contributed by atoms with Crippen molar-refractivity contribution in [3.05, 3.63) is 0 Å². The summed E-state index contributed by atoms with van der Waals surface area (Å²) in [5, 5.41) is 0. The number of halogens is 1. The highest BCUT2D eigenvalue weighted by Crippen LogP contribution is 2.69. The molecule has 0 aromatic heterocycles. The van der Waals surface area contributed by atoms with E-state index >= 15 is 0 Å². The Hall–Kier alpha value is 0.210. The van der Waals surface area contributed by atoms with E-state index < -0.39 is 5.66 Å². The van der Waals surface area contributed by atoms with Gasteiger partial charge in [-0.05, 0) is 105 Å². The van der Waals surface area contributed by atoms with Crippen molar-refractivity contribution in [1.82, 2.24) is 0 Å². The number of hydrogen-bond donors (Lipinski definition) is 2. The third kappa shape index (κ3) is 3.79. The second-order valence-electron chi connectivity index (χ2n) is 12.9. The van der Waals surface area contributed by atoms with E-state index in [4.69, 9.17) is 11.5 Å². The fourth-order valence-corrected chi connectivity index (χ4v) is 9.54. The minimum absolute atomic E-state index is 0. The van der Waals surface area contributed by atoms with Gasteiger partial charge < -0.3 is 11.5 Å². The average Bonchev–Trinajstić information content (AvgIpc) is 2.99. The molecule has 0 heterocycles. The standard InChI is InChI=1S/C27H50N2.ClH/c1-18(2)8-6-9-19(3)22-13-14-23-21-12-11-20-10-7-16-27(28,29)26(20,5)24(21)15-17-25(22,23)4;/h18-24H,6-17,28-29H2,1-5H3;1H/t19-,20-,21+,22-,23+,24+,25-,26+;/m1./s1. The molecule has 0 amide bonds. The molecular formula is C27H51ClN2. The predicted molar refractivity (Wildman–Crippen MR) is 131 cm³/mol. The first-order chi connectivity index (χ1) is 13.6. The Morgan fingerprint density at radius 3 is 2.27 bits per heavy atom. The highest BCUT2D eigenvalue weighted by molar-refractivity contribution is 5.85. The zero-order valence-electron chi connectivity index (χ0n) is 20.6. The molecule has 4 saturated carbocycles. The number of nitrogens with two attached hydrogens (primary N) is 2. The second-order valence-corrected chi connectivity index (χ2v) is 12.9. The molecular weight excluding hydrogens is 388 g/mol. The normalized spacial score (nSPS) is 45.8. The van der Waals surface area contributed by atoms with Crippen LogP contribution in [0.25, 0.3) is 0 Å². The van der Waals surface area contributed by atoms with Gasteiger partial charge in [0.05, 0.1) is 5.66 Å². The van der Waals surface area contributed by atoms with Gasteiger partial charge in [-0.3, -0.25) is 0 Å². The largest absolute Gasteiger partial charge is 0.313 e. The Bertz CT molecular complexity index is 589. The first kappa shape index (κ1) is 24.8. The lowest BCUT2D eigenvalue weighted by molar-refractivity contribution is -0.147. The summed E-state index contributed by atoms with van der Waals surface area (Å²) < 4.78 is 0. The van der Waals surface area contributed by atoms with E-state index in [1.54, 1.807) is 0 Å². The van der Waals surface area contributed by atoms with E-state index in [1.807, 2.05) is 0 Å². The van der Waals surface area contributed by atoms with Crippen molar-refractivity contribution >= 4 is 12.4 Å². The Morgan fingerprint density at radius 2 is 1.57 bits per heavy atom. The average molecular weight is 439 g/mol. The first-order valence-corrected chi connectivity index (χ1v) is 13.2. The minimum atomic E-state index is -0.449. The summed E-state index contributed by atoms with van der Waals surface area (Å²) in [4.78, 5) is 0. The van der Waals surface area contributed by atoms with E-state index in [9.17, 15) is 0 Å². The van der Waals surface area contributed by atoms with Crippen LogP contribution in [0.1, 0.15) is 112 Å². The molecule has 176 valence electrons. The van der Waals surface area contributed by atoms with Crippen molar-refractivity contribution in [2.45, 2.75) is 117 Å². The fraction of sp³-hybridized carbons (Fsp3) is 1.00. The van der Waals surface area contributed by atoms with Crippen LogP contribution in [-0.4, -0.2) is 5.66 Å². The Labute approximate surface area is 193 Å². The van der Waals surface area contributed by atoms with Gasteiger partial charge in [0, 0.05) is 5.41 Å². The molecule has 0 aliphatic heterocycles. The summed E-state index contributed by atoms with van der Waals surface area (Å²) in [5.74, 6) is 6.03. The fourth-order valence-electron chi connectivity index (χ4n) is 9.54. The molecule has 4 aliphatic carbocycles. The molecule has 0 saturated heterocycles. The van der Waals surface area contributed by atoms with Crippen molar-refractivity contribution in [2.24, 2.45) is 63.7 Å². The Balaban J connectivity index is 0.00000256. The molecule has 0 aromatic carbocycles. The van der Waals surface area contributed by atoms with E-state index in [1.165, 1.54) is 70.6 Å². The summed E-state index contributed by atoms with van der Waals surface area (Å²) in [7, 11) is 0. The highest BCUT2D eigenvalue weighted by Gasteiger charge is 2.64. The topological polar surface area (TPSA) is 52.0 Å². The van der Waals surface area contributed by atoms with Crippen LogP contribution in [0.4, 0.5) is 0 Å². The predicted octanol–water partition coefficient (Wildman–Crippen LogP) is 7.14. The van der Waals surface area contributed by atoms with Gasteiger partial charge in [0.2, 0.25) is 0 Å². The lowest BCUT2D eigenvalue weighted by Gasteiger charge is -2.65. The van der Waals surface area contributed by atoms with Crippen molar-refractivity contribution < 1.29 is 0 Å². The molecule has 0 aromatic rings. The van der Waals surface area contributed by atoms with E-state index in [-0.39, 0.29) is 17.8 Å². The number of rotatable bonds is 5. The van der Waals surface area contributed by atoms with Crippen LogP contribution in [0.2, 0.25) is 0 Å². The zero-order chi connectivity index (χ0) is 21.0. The van der Waals surface area contributed by atoms with Crippen molar-refractivity contribution in [3.8, 4) is 0 Å². The van der Waals surface area contributed by atoms with Crippen LogP contribution < -0.4 is 11.5 Å². The maximum absolute atomic E-state index is 6.88. The monoisotopic (exact) mass is 438 g/mol. The second kappa shape index (κ2) is 8.86. The van der Waals surface area contributed by atoms with Gasteiger partial charge in [0.1, 0.15) is 0 Å². The van der Waals surface area contributed by atoms with Crippen molar-refractivity contribution in [2.75, 3.05) is 0 Å². The Morgan fingerprint density at radius 1 is 0.833 bits per heavy atom. The van der Waals surface area contributed by atoms with Crippen LogP contribution >= 0.6 is 12.4 Å². The highest BCUT2D eigenvalue weighted by atomic mass is 35.5. The third-order valence-electron chi connectivity index (χ3n) is 11.3. The molecule has 2 nitrogen and oxygen atoms in total. The zero-order valence-corrected chi connectivity index (χ0v) is 21.4. The molecule has 4 aliphatic rings. The molecule has 0 bridgehead atoms. The van der Waals surface area contributed by atoms with Crippen LogP contribution in [0.3, 0.4) is 0 Å². The molecule has 0 unspecified atom stereocenters. The van der Waals surface area contributed by atoms with Gasteiger partial charge in [-0.1, -0.05) is 53.9 Å². The lowest BCUT2D eigenvalue weighted by atomic mass is 9.42. The molecule has 30 heavy (non-hydrogen) atoms. The number of hydrogen-bond acceptors (Lipinski definition) is 2. The quantitative estimate of drug-likeness (QED) is 0.448. The molecule has 4 fully saturated rings. The van der Waals surface area contributed by atoms with Crippen LogP contribution in [0, 0.1) is 52.3 Å². The third-order valence-corrected chi connectivity index (χ3v) is 11.3. The summed E-state index contributed by atoms with van der Waals surface area (Å²) >= 11 is 0. The van der Waals surface area contributed by atoms with Crippen LogP contribution in [0.15, 0.2) is 0 Å². The minimum Gasteiger partial charge on any atom is -0.313 e. The molecule has 8 atom stereocenters. The van der Waals surface area contributed by atoms with Crippen molar-refractivity contribution in [3.63, 3.8) is 0 Å². The summed E-state index contributed by atoms with van der Waals surface area (Å²) in [6.45, 7) is 12.5. The molecule has 4 rings (SSSR count). The number of fused-ring (bicyclic) bond motifs is 5. The molecule has 0 radical (unpaired) electrons. The van der Waals surface area contributed by atoms with Crippen LogP contribution in [0.5, 0.6) is 0 Å². The SMILES string of the molecule is CC(C)CCC[C@@H](C)[C@H]1CC[C@H]2[C@@H]3CC[C@H]4CCCC(N)(N)[C@]4(C)[C@H]3CC[C@]12C.Cl. The summed E-state index contributed by atoms with van der Waals surface area (Å²) in [6, 6.07) is 0. The van der Waals surface area contributed by atoms with Gasteiger partial charge in [-0.15, -0.1) is 12.4 Å². The molecule has 3 heteroatoms. The van der Waals surface area contributed by atoms with E-state index in [0.717, 1.165) is 47.8 Å². The van der Waals surface area contributed by atoms with Gasteiger partial charge in [-0.25, -0.2) is 0 Å². The summed E-state index contributed by atoms with van der Waals surface area (Å²) in [5.41, 5.74) is 14.0. The molecule has 4 N–H and O–H groups in total. The van der Waals surface area contributed by atoms with Gasteiger partial charge in [-0.2, -0.15) is 0 Å². The van der Waals surface area contributed by atoms with Crippen LogP contribution in [-0.2, 0) is 0 Å². The lowest BCUT2D eigenvalue weighted by Crippen LogP contribution is -2.71. The molecule has 0 spiro atoms. The maximum Gasteiger partial charge on any atom is 0.0697 e. The van der Waals surface area contributed by atoms with E-state index in [2.05, 4.69) is 34.6 Å². The summed E-state index contributed by atoms with van der Waals surface area (Å²) in [6.07, 6.45) is 16.5. The van der Waals surface area contributed by atoms with Crippen molar-refractivity contribution in [1.29, 1.82) is 0 Å². The van der Waals surface area contributed by atoms with E-state index in [0.29, 0.717) is 5.41 Å². The van der Waals surface area contributed by atoms with Gasteiger partial charge >= 0.3 is 0 Å². The smallest absolute Gasteiger partial charge is 0.0697 e. The maximum atomic E-state index is 6.88. The Kier molecular flexibility index (Phi) is 7.34. The van der Waals surface area contributed by atoms with Gasteiger partial charge in [0.25, 0.3) is 0 Å². The first-order valence-electron chi connectivity index (χ1n) is 13.2. The van der Waals surface area contributed by atoms with Gasteiger partial charge in [0.15, 0.2) is 0 Å².